The standard InChI is InChI=1S/C5H8O2.C3H5.Na.H2O4S/c1-4(2)5(6)7-3;1-3-2;;1-5(2,3)4/h1H2,2-3H3;3H,1-2H2;;(H2,1,2,3,4). The van der Waals surface area contributed by atoms with Gasteiger partial charge in [0.1, 0.15) is 0 Å². The smallest absolute Gasteiger partial charge is 0.264 e. The van der Waals surface area contributed by atoms with Gasteiger partial charge in [-0.05, 0) is 6.92 Å². The average molecular weight is 262 g/mol. The Hall–Kier alpha value is -0.180. The molecule has 0 aromatic carbocycles. The van der Waals surface area contributed by atoms with E-state index in [0.717, 1.165) is 0 Å². The number of rotatable bonds is 2. The average Bonchev–Trinajstić information content (AvgIpc) is 2.14. The summed E-state index contributed by atoms with van der Waals surface area (Å²) in [6, 6.07) is 0. The van der Waals surface area contributed by atoms with Crippen molar-refractivity contribution in [2.45, 2.75) is 10.6 Å². The molecule has 0 aliphatic rings. The van der Waals surface area contributed by atoms with Gasteiger partial charge in [0.2, 0.25) is 0 Å². The number of hydrogen-bond donors (Lipinski definition) is 2. The molecule has 0 saturated carbocycles. The van der Waals surface area contributed by atoms with Crippen LogP contribution in [0.4, 0.5) is 0 Å². The normalized spacial score (nSPS) is 8.62. The molecule has 0 aromatic heterocycles. The minimum atomic E-state index is -4.67. The molecular formula is C8H15NaO6S. The zero-order valence-corrected chi connectivity index (χ0v) is 12.5. The maximum absolute atomic E-state index is 10.2. The Bertz CT molecular complexity index is 300. The minimum Gasteiger partial charge on any atom is -0.264 e. The summed E-state index contributed by atoms with van der Waals surface area (Å²) in [7, 11) is -3.34. The van der Waals surface area contributed by atoms with E-state index in [0.29, 0.717) is 5.57 Å². The first-order valence-electron chi connectivity index (χ1n) is 4.14. The molecule has 0 unspecified atom stereocenters. The first kappa shape index (κ1) is 21.1. The van der Waals surface area contributed by atoms with E-state index < -0.39 is 10.4 Å². The molecule has 0 aliphatic heterocycles. The summed E-state index contributed by atoms with van der Waals surface area (Å²) in [5.74, 6) is -0.347. The molecule has 16 heavy (non-hydrogen) atoms. The molecule has 0 fully saturated rings. The molecule has 0 heterocycles. The monoisotopic (exact) mass is 262 g/mol. The van der Waals surface area contributed by atoms with Crippen LogP contribution in [-0.4, -0.2) is 58.5 Å². The summed E-state index contributed by atoms with van der Waals surface area (Å²) in [6.07, 6.45) is 1.94. The summed E-state index contributed by atoms with van der Waals surface area (Å²) >= 11 is 1.27. The van der Waals surface area contributed by atoms with E-state index in [2.05, 4.69) is 17.9 Å². The summed E-state index contributed by atoms with van der Waals surface area (Å²) in [6.45, 7) is 8.47. The Balaban J connectivity index is -0.000000166. The van der Waals surface area contributed by atoms with Gasteiger partial charge in [0.15, 0.2) is 0 Å². The number of ether oxygens (including phenoxy) is 1. The molecule has 0 aliphatic carbocycles. The van der Waals surface area contributed by atoms with Gasteiger partial charge in [-0.25, -0.2) is 4.79 Å². The molecule has 0 amide bonds. The van der Waals surface area contributed by atoms with Gasteiger partial charge in [-0.2, -0.15) is 8.42 Å². The molecule has 0 saturated heterocycles. The molecule has 2 N–H and O–H groups in total. The molecular weight excluding hydrogens is 247 g/mol. The van der Waals surface area contributed by atoms with Gasteiger partial charge >= 0.3 is 60.6 Å². The second-order valence-corrected chi connectivity index (χ2v) is 4.13. The van der Waals surface area contributed by atoms with Crippen molar-refractivity contribution >= 4 is 44.3 Å². The Labute approximate surface area is 113 Å². The molecule has 0 bridgehead atoms. The fourth-order valence-corrected chi connectivity index (χ4v) is 0.174. The minimum absolute atomic E-state index is 0.347. The van der Waals surface area contributed by atoms with Gasteiger partial charge in [0, 0.05) is 5.57 Å². The fraction of sp³-hybridized carbons (Fsp3) is 0.375. The number of carbonyl (C=O) groups excluding carboxylic acids is 1. The Morgan fingerprint density at radius 1 is 1.50 bits per heavy atom. The van der Waals surface area contributed by atoms with Gasteiger partial charge in [-0.15, -0.1) is 0 Å². The number of carbonyl (C=O) groups is 1. The van der Waals surface area contributed by atoms with Crippen LogP contribution in [0, 0.1) is 0 Å². The van der Waals surface area contributed by atoms with Crippen molar-refractivity contribution in [1.82, 2.24) is 0 Å². The first-order chi connectivity index (χ1) is 7.09. The van der Waals surface area contributed by atoms with Crippen molar-refractivity contribution < 1.29 is 27.1 Å². The summed E-state index contributed by atoms with van der Waals surface area (Å²) < 4.78 is 37.1. The zero-order chi connectivity index (χ0) is 13.8. The van der Waals surface area contributed by atoms with Gasteiger partial charge in [0.05, 0.1) is 7.11 Å². The van der Waals surface area contributed by atoms with Gasteiger partial charge < -0.3 is 4.74 Å². The molecule has 0 atom stereocenters. The first-order valence-corrected chi connectivity index (χ1v) is 6.95. The third-order valence-corrected chi connectivity index (χ3v) is 1.40. The van der Waals surface area contributed by atoms with Gasteiger partial charge in [-0.3, -0.25) is 9.11 Å². The topological polar surface area (TPSA) is 101 Å². The Morgan fingerprint density at radius 2 is 1.75 bits per heavy atom. The fourth-order valence-electron chi connectivity index (χ4n) is 0.174. The van der Waals surface area contributed by atoms with Crippen LogP contribution >= 0.6 is 0 Å². The predicted molar refractivity (Wildman–Crippen MR) is 61.8 cm³/mol. The second-order valence-electron chi connectivity index (χ2n) is 2.42. The van der Waals surface area contributed by atoms with Crippen molar-refractivity contribution in [3.8, 4) is 0 Å². The van der Waals surface area contributed by atoms with E-state index >= 15 is 0 Å². The quantitative estimate of drug-likeness (QED) is 0.251. The third kappa shape index (κ3) is 48.8. The second kappa shape index (κ2) is 12.9. The molecule has 0 aromatic rings. The van der Waals surface area contributed by atoms with E-state index in [1.807, 2.05) is 6.08 Å². The molecule has 6 nitrogen and oxygen atoms in total. The van der Waals surface area contributed by atoms with Crippen LogP contribution in [0.25, 0.3) is 0 Å². The predicted octanol–water partition coefficient (Wildman–Crippen LogP) is 0.842. The maximum Gasteiger partial charge on any atom is 0.394 e. The van der Waals surface area contributed by atoms with Crippen LogP contribution in [0.3, 0.4) is 0 Å². The summed E-state index contributed by atoms with van der Waals surface area (Å²) in [5.41, 5.74) is 0.433. The third-order valence-electron chi connectivity index (χ3n) is 0.823. The van der Waals surface area contributed by atoms with Crippen LogP contribution in [0.2, 0.25) is 3.67 Å². The molecule has 8 heteroatoms. The number of esters is 1. The van der Waals surface area contributed by atoms with Crippen LogP contribution in [0.1, 0.15) is 6.92 Å². The van der Waals surface area contributed by atoms with Gasteiger partial charge in [-0.1, -0.05) is 6.58 Å². The van der Waals surface area contributed by atoms with Crippen LogP contribution < -0.4 is 0 Å². The SMILES string of the molecule is C=C(C)C(=O)OC.C=C[CH2][Na].O=S(=O)(O)O. The van der Waals surface area contributed by atoms with Crippen molar-refractivity contribution in [3.63, 3.8) is 0 Å². The van der Waals surface area contributed by atoms with E-state index in [9.17, 15) is 4.79 Å². The van der Waals surface area contributed by atoms with Gasteiger partial charge in [0.25, 0.3) is 0 Å². The van der Waals surface area contributed by atoms with Crippen molar-refractivity contribution in [2.24, 2.45) is 0 Å². The molecule has 0 spiro atoms. The Morgan fingerprint density at radius 3 is 1.75 bits per heavy atom. The molecule has 0 rings (SSSR count). The van der Waals surface area contributed by atoms with E-state index in [1.54, 1.807) is 6.92 Å². The summed E-state index contributed by atoms with van der Waals surface area (Å²) in [4.78, 5) is 10.2. The van der Waals surface area contributed by atoms with E-state index in [1.165, 1.54) is 38.7 Å². The number of methoxy groups -OCH3 is 1. The van der Waals surface area contributed by atoms with Crippen LogP contribution in [-0.2, 0) is 19.9 Å². The Kier molecular flexibility index (Phi) is 17.0. The van der Waals surface area contributed by atoms with Crippen molar-refractivity contribution in [3.05, 3.63) is 24.8 Å². The van der Waals surface area contributed by atoms with E-state index in [4.69, 9.17) is 17.5 Å². The maximum atomic E-state index is 10.2. The van der Waals surface area contributed by atoms with Crippen molar-refractivity contribution in [2.75, 3.05) is 7.11 Å². The number of allylic oxidation sites excluding steroid dienone is 1. The zero-order valence-electron chi connectivity index (χ0n) is 9.63. The number of hydrogen-bond acceptors (Lipinski definition) is 4. The molecule has 0 radical (unpaired) electrons. The summed E-state index contributed by atoms with van der Waals surface area (Å²) in [5, 5.41) is 0. The molecule has 90 valence electrons. The van der Waals surface area contributed by atoms with Crippen molar-refractivity contribution in [1.29, 1.82) is 0 Å². The largest absolute Gasteiger partial charge is 0.394 e. The van der Waals surface area contributed by atoms with E-state index in [-0.39, 0.29) is 5.97 Å². The van der Waals surface area contributed by atoms with Crippen LogP contribution in [0.15, 0.2) is 24.8 Å². The van der Waals surface area contributed by atoms with Crippen LogP contribution in [0.5, 0.6) is 0 Å².